The maximum absolute atomic E-state index is 11.1. The highest BCUT2D eigenvalue weighted by Gasteiger charge is 2.02. The van der Waals surface area contributed by atoms with Crippen molar-refractivity contribution >= 4 is 27.6 Å². The molecular weight excluding hydrogens is 254 g/mol. The van der Waals surface area contributed by atoms with Crippen molar-refractivity contribution in [3.05, 3.63) is 36.5 Å². The fourth-order valence-electron chi connectivity index (χ4n) is 0.904. The summed E-state index contributed by atoms with van der Waals surface area (Å²) in [7, 11) is 3.34. The topological polar surface area (TPSA) is 39.2 Å². The molecule has 1 aromatic rings. The summed E-state index contributed by atoms with van der Waals surface area (Å²) in [5, 5.41) is 0.997. The highest BCUT2D eigenvalue weighted by molar-refractivity contribution is 8.76. The Morgan fingerprint density at radius 3 is 3.00 bits per heavy atom. The van der Waals surface area contributed by atoms with Gasteiger partial charge in [-0.05, 0) is 36.3 Å². The molecule has 0 aromatic carbocycles. The second-order valence-electron chi connectivity index (χ2n) is 3.34. The van der Waals surface area contributed by atoms with Gasteiger partial charge in [0.15, 0.2) is 0 Å². The largest absolute Gasteiger partial charge is 0.462 e. The van der Waals surface area contributed by atoms with Crippen molar-refractivity contribution in [3.8, 4) is 0 Å². The lowest BCUT2D eigenvalue weighted by molar-refractivity contribution is -0.138. The smallest absolute Gasteiger partial charge is 0.333 e. The van der Waals surface area contributed by atoms with Gasteiger partial charge in [-0.1, -0.05) is 23.4 Å². The van der Waals surface area contributed by atoms with Crippen LogP contribution in [0.4, 0.5) is 0 Å². The summed E-state index contributed by atoms with van der Waals surface area (Å²) in [6.45, 7) is 5.61. The summed E-state index contributed by atoms with van der Waals surface area (Å²) in [5.74, 6) is 0.609. The first kappa shape index (κ1) is 14.1. The van der Waals surface area contributed by atoms with Crippen LogP contribution in [0.2, 0.25) is 0 Å². The molecule has 0 bridgehead atoms. The number of carbonyl (C=O) groups excluding carboxylic acids is 1. The van der Waals surface area contributed by atoms with Gasteiger partial charge in [-0.3, -0.25) is 0 Å². The van der Waals surface area contributed by atoms with Crippen LogP contribution in [0.5, 0.6) is 0 Å². The van der Waals surface area contributed by atoms with E-state index in [0.29, 0.717) is 12.2 Å². The third-order valence-corrected chi connectivity index (χ3v) is 4.09. The zero-order chi connectivity index (χ0) is 12.5. The molecule has 0 atom stereocenters. The number of rotatable bonds is 7. The molecule has 0 aliphatic rings. The first-order valence-corrected chi connectivity index (χ1v) is 7.55. The van der Waals surface area contributed by atoms with E-state index < -0.39 is 0 Å². The molecule has 1 rings (SSSR count). The predicted molar refractivity (Wildman–Crippen MR) is 72.9 cm³/mol. The van der Waals surface area contributed by atoms with E-state index in [1.807, 2.05) is 18.2 Å². The summed E-state index contributed by atoms with van der Waals surface area (Å²) < 4.78 is 4.98. The predicted octanol–water partition coefficient (Wildman–Crippen LogP) is 3.33. The highest BCUT2D eigenvalue weighted by Crippen LogP contribution is 2.29. The van der Waals surface area contributed by atoms with Gasteiger partial charge in [-0.25, -0.2) is 9.78 Å². The lowest BCUT2D eigenvalue weighted by Crippen LogP contribution is -2.06. The number of ether oxygens (including phenoxy) is 1. The minimum atomic E-state index is -0.313. The number of hydrogen-bond acceptors (Lipinski definition) is 5. The molecule has 1 heterocycles. The summed E-state index contributed by atoms with van der Waals surface area (Å²) in [4.78, 5) is 15.2. The second kappa shape index (κ2) is 8.20. The van der Waals surface area contributed by atoms with Crippen molar-refractivity contribution in [3.63, 3.8) is 0 Å². The standard InChI is InChI=1S/C12H15NO2S2/c1-10(2)12(14)15-8-5-9-16-17-11-6-3-4-7-13-11/h3-4,6-7H,1,5,8-9H2,2H3. The van der Waals surface area contributed by atoms with Crippen LogP contribution in [-0.4, -0.2) is 23.3 Å². The lowest BCUT2D eigenvalue weighted by Gasteiger charge is -2.03. The first-order valence-electron chi connectivity index (χ1n) is 5.23. The van der Waals surface area contributed by atoms with Gasteiger partial charge in [0.05, 0.1) is 6.61 Å². The van der Waals surface area contributed by atoms with Crippen molar-refractivity contribution in [2.45, 2.75) is 18.4 Å². The molecule has 0 aliphatic carbocycles. The van der Waals surface area contributed by atoms with Gasteiger partial charge >= 0.3 is 5.97 Å². The van der Waals surface area contributed by atoms with Crippen molar-refractivity contribution in [2.24, 2.45) is 0 Å². The van der Waals surface area contributed by atoms with Crippen molar-refractivity contribution in [2.75, 3.05) is 12.4 Å². The van der Waals surface area contributed by atoms with Crippen LogP contribution in [-0.2, 0) is 9.53 Å². The van der Waals surface area contributed by atoms with Crippen LogP contribution in [0.3, 0.4) is 0 Å². The molecule has 0 saturated carbocycles. The summed E-state index contributed by atoms with van der Waals surface area (Å²) in [6.07, 6.45) is 2.61. The molecule has 1 aromatic heterocycles. The number of nitrogens with zero attached hydrogens (tertiary/aromatic N) is 1. The first-order chi connectivity index (χ1) is 8.20. The van der Waals surface area contributed by atoms with Crippen LogP contribution >= 0.6 is 21.6 Å². The normalized spacial score (nSPS) is 9.94. The average Bonchev–Trinajstić information content (AvgIpc) is 2.34. The third-order valence-electron chi connectivity index (χ3n) is 1.74. The molecular formula is C12H15NO2S2. The molecule has 0 aliphatic heterocycles. The monoisotopic (exact) mass is 269 g/mol. The molecule has 0 saturated heterocycles. The van der Waals surface area contributed by atoms with Gasteiger partial charge in [0.25, 0.3) is 0 Å². The van der Waals surface area contributed by atoms with Gasteiger partial charge in [-0.15, -0.1) is 0 Å². The van der Waals surface area contributed by atoms with Gasteiger partial charge in [0.1, 0.15) is 5.03 Å². The maximum atomic E-state index is 11.1. The number of pyridine rings is 1. The Hall–Kier alpha value is -0.940. The minimum Gasteiger partial charge on any atom is -0.462 e. The zero-order valence-electron chi connectivity index (χ0n) is 9.72. The van der Waals surface area contributed by atoms with Crippen LogP contribution in [0, 0.1) is 0 Å². The summed E-state index contributed by atoms with van der Waals surface area (Å²) >= 11 is 0. The van der Waals surface area contributed by atoms with E-state index in [1.54, 1.807) is 34.7 Å². The lowest BCUT2D eigenvalue weighted by atomic mass is 10.4. The van der Waals surface area contributed by atoms with Crippen LogP contribution in [0.15, 0.2) is 41.6 Å². The fourth-order valence-corrected chi connectivity index (χ4v) is 2.84. The summed E-state index contributed by atoms with van der Waals surface area (Å²) in [5.41, 5.74) is 0.445. The Kier molecular flexibility index (Phi) is 6.81. The Morgan fingerprint density at radius 1 is 1.53 bits per heavy atom. The quantitative estimate of drug-likeness (QED) is 0.328. The Balaban J connectivity index is 2.02. The van der Waals surface area contributed by atoms with Crippen molar-refractivity contribution in [1.82, 2.24) is 4.98 Å². The SMILES string of the molecule is C=C(C)C(=O)OCCCSSc1ccccn1. The molecule has 0 spiro atoms. The molecule has 0 unspecified atom stereocenters. The fraction of sp³-hybridized carbons (Fsp3) is 0.333. The van der Waals surface area contributed by atoms with Gasteiger partial charge in [0, 0.05) is 17.5 Å². The Morgan fingerprint density at radius 2 is 2.35 bits per heavy atom. The van der Waals surface area contributed by atoms with E-state index in [2.05, 4.69) is 11.6 Å². The van der Waals surface area contributed by atoms with Gasteiger partial charge in [0.2, 0.25) is 0 Å². The van der Waals surface area contributed by atoms with Crippen LogP contribution < -0.4 is 0 Å². The molecule has 3 nitrogen and oxygen atoms in total. The Bertz CT molecular complexity index is 368. The number of carbonyl (C=O) groups is 1. The number of esters is 1. The van der Waals surface area contributed by atoms with E-state index >= 15 is 0 Å². The van der Waals surface area contributed by atoms with Crippen molar-refractivity contribution < 1.29 is 9.53 Å². The van der Waals surface area contributed by atoms with E-state index in [1.165, 1.54) is 0 Å². The van der Waals surface area contributed by atoms with Crippen LogP contribution in [0.1, 0.15) is 13.3 Å². The molecule has 0 amide bonds. The zero-order valence-corrected chi connectivity index (χ0v) is 11.4. The molecule has 0 radical (unpaired) electrons. The number of hydrogen-bond donors (Lipinski definition) is 0. The third kappa shape index (κ3) is 6.38. The number of aromatic nitrogens is 1. The van der Waals surface area contributed by atoms with Crippen molar-refractivity contribution in [1.29, 1.82) is 0 Å². The minimum absolute atomic E-state index is 0.313. The van der Waals surface area contributed by atoms with E-state index in [4.69, 9.17) is 4.74 Å². The molecule has 92 valence electrons. The van der Waals surface area contributed by atoms with Crippen LogP contribution in [0.25, 0.3) is 0 Å². The average molecular weight is 269 g/mol. The molecule has 0 N–H and O–H groups in total. The second-order valence-corrected chi connectivity index (χ2v) is 5.78. The Labute approximate surface area is 109 Å². The summed E-state index contributed by atoms with van der Waals surface area (Å²) in [6, 6.07) is 5.83. The van der Waals surface area contributed by atoms with Gasteiger partial charge < -0.3 is 4.74 Å². The highest BCUT2D eigenvalue weighted by atomic mass is 33.1. The molecule has 17 heavy (non-hydrogen) atoms. The molecule has 0 fully saturated rings. The maximum Gasteiger partial charge on any atom is 0.333 e. The van der Waals surface area contributed by atoms with Gasteiger partial charge in [-0.2, -0.15) is 0 Å². The molecule has 5 heteroatoms. The van der Waals surface area contributed by atoms with E-state index in [0.717, 1.165) is 17.2 Å². The van der Waals surface area contributed by atoms with E-state index in [9.17, 15) is 4.79 Å². The van der Waals surface area contributed by atoms with E-state index in [-0.39, 0.29) is 5.97 Å².